The molecule has 15 heavy (non-hydrogen) atoms. The van der Waals surface area contributed by atoms with E-state index < -0.39 is 5.60 Å². The SMILES string of the molecule is COc1cccc(C2(O)CCN(C)C2)c1. The van der Waals surface area contributed by atoms with Crippen LogP contribution < -0.4 is 4.74 Å². The van der Waals surface area contributed by atoms with Gasteiger partial charge in [-0.3, -0.25) is 0 Å². The van der Waals surface area contributed by atoms with Crippen LogP contribution in [0.25, 0.3) is 0 Å². The third kappa shape index (κ3) is 1.98. The lowest BCUT2D eigenvalue weighted by molar-refractivity contribution is 0.0487. The average Bonchev–Trinajstić information content (AvgIpc) is 2.60. The number of aliphatic hydroxyl groups is 1. The quantitative estimate of drug-likeness (QED) is 0.791. The second-order valence-corrected chi connectivity index (χ2v) is 4.25. The Labute approximate surface area is 90.3 Å². The fourth-order valence-electron chi connectivity index (χ4n) is 2.13. The molecule has 1 aliphatic heterocycles. The first-order valence-electron chi connectivity index (χ1n) is 5.19. The molecule has 1 unspecified atom stereocenters. The first-order chi connectivity index (χ1) is 7.14. The number of hydrogen-bond donors (Lipinski definition) is 1. The van der Waals surface area contributed by atoms with Crippen LogP contribution in [0.15, 0.2) is 24.3 Å². The highest BCUT2D eigenvalue weighted by molar-refractivity contribution is 5.33. The number of ether oxygens (including phenoxy) is 1. The van der Waals surface area contributed by atoms with Crippen molar-refractivity contribution in [2.24, 2.45) is 0 Å². The molecule has 1 N–H and O–H groups in total. The first-order valence-corrected chi connectivity index (χ1v) is 5.19. The normalized spacial score (nSPS) is 26.9. The van der Waals surface area contributed by atoms with Gasteiger partial charge in [0.2, 0.25) is 0 Å². The molecule has 1 heterocycles. The molecule has 0 spiro atoms. The van der Waals surface area contributed by atoms with Gasteiger partial charge in [-0.25, -0.2) is 0 Å². The summed E-state index contributed by atoms with van der Waals surface area (Å²) in [4.78, 5) is 2.14. The van der Waals surface area contributed by atoms with E-state index in [9.17, 15) is 5.11 Å². The molecule has 3 heteroatoms. The lowest BCUT2D eigenvalue weighted by Gasteiger charge is -2.23. The lowest BCUT2D eigenvalue weighted by atomic mass is 9.93. The molecule has 1 aromatic carbocycles. The Kier molecular flexibility index (Phi) is 2.67. The molecule has 0 radical (unpaired) electrons. The van der Waals surface area contributed by atoms with Crippen molar-refractivity contribution in [1.29, 1.82) is 0 Å². The van der Waals surface area contributed by atoms with E-state index >= 15 is 0 Å². The third-order valence-corrected chi connectivity index (χ3v) is 3.05. The van der Waals surface area contributed by atoms with Crippen molar-refractivity contribution in [3.63, 3.8) is 0 Å². The van der Waals surface area contributed by atoms with Crippen LogP contribution in [0.2, 0.25) is 0 Å². The van der Waals surface area contributed by atoms with Gasteiger partial charge in [-0.2, -0.15) is 0 Å². The maximum absolute atomic E-state index is 10.5. The summed E-state index contributed by atoms with van der Waals surface area (Å²) in [5.74, 6) is 0.801. The summed E-state index contributed by atoms with van der Waals surface area (Å²) in [7, 11) is 3.67. The van der Waals surface area contributed by atoms with Crippen LogP contribution in [0.5, 0.6) is 5.75 Å². The van der Waals surface area contributed by atoms with Gasteiger partial charge in [-0.05, 0) is 31.2 Å². The summed E-state index contributed by atoms with van der Waals surface area (Å²) in [5, 5.41) is 10.5. The fourth-order valence-corrected chi connectivity index (χ4v) is 2.13. The molecule has 1 aromatic rings. The minimum absolute atomic E-state index is 0.695. The van der Waals surface area contributed by atoms with E-state index in [0.29, 0.717) is 6.54 Å². The molecular formula is C12H17NO2. The summed E-state index contributed by atoms with van der Waals surface area (Å²) in [5.41, 5.74) is 0.245. The monoisotopic (exact) mass is 207 g/mol. The topological polar surface area (TPSA) is 32.7 Å². The molecule has 1 fully saturated rings. The second kappa shape index (κ2) is 3.83. The van der Waals surface area contributed by atoms with Crippen molar-refractivity contribution >= 4 is 0 Å². The Morgan fingerprint density at radius 2 is 2.27 bits per heavy atom. The van der Waals surface area contributed by atoms with E-state index in [-0.39, 0.29) is 0 Å². The van der Waals surface area contributed by atoms with Gasteiger partial charge >= 0.3 is 0 Å². The van der Waals surface area contributed by atoms with Crippen LogP contribution in [-0.4, -0.2) is 37.3 Å². The number of nitrogens with zero attached hydrogens (tertiary/aromatic N) is 1. The third-order valence-electron chi connectivity index (χ3n) is 3.05. The molecule has 0 bridgehead atoms. The number of methoxy groups -OCH3 is 1. The van der Waals surface area contributed by atoms with Crippen LogP contribution >= 0.6 is 0 Å². The summed E-state index contributed by atoms with van der Waals surface area (Å²) in [6.07, 6.45) is 0.788. The van der Waals surface area contributed by atoms with Gasteiger partial charge in [0.1, 0.15) is 11.4 Å². The number of likely N-dealkylation sites (tertiary alicyclic amines) is 1. The predicted octanol–water partition coefficient (Wildman–Crippen LogP) is 1.22. The summed E-state index contributed by atoms with van der Waals surface area (Å²) in [6, 6.07) is 7.69. The minimum Gasteiger partial charge on any atom is -0.497 e. The Morgan fingerprint density at radius 1 is 1.47 bits per heavy atom. The number of benzene rings is 1. The van der Waals surface area contributed by atoms with Crippen molar-refractivity contribution in [1.82, 2.24) is 4.90 Å². The molecule has 3 nitrogen and oxygen atoms in total. The number of likely N-dealkylation sites (N-methyl/N-ethyl adjacent to an activating group) is 1. The van der Waals surface area contributed by atoms with Gasteiger partial charge in [0.05, 0.1) is 7.11 Å². The number of hydrogen-bond acceptors (Lipinski definition) is 3. The van der Waals surface area contributed by atoms with E-state index in [1.165, 1.54) is 0 Å². The van der Waals surface area contributed by atoms with Crippen LogP contribution in [0.4, 0.5) is 0 Å². The molecule has 0 aliphatic carbocycles. The average molecular weight is 207 g/mol. The second-order valence-electron chi connectivity index (χ2n) is 4.25. The summed E-state index contributed by atoms with van der Waals surface area (Å²) in [6.45, 7) is 1.63. The van der Waals surface area contributed by atoms with Crippen LogP contribution in [0, 0.1) is 0 Å². The molecule has 1 aliphatic rings. The standard InChI is InChI=1S/C12H17NO2/c1-13-7-6-12(14,9-13)10-4-3-5-11(8-10)15-2/h3-5,8,14H,6-7,9H2,1-2H3. The maximum Gasteiger partial charge on any atom is 0.119 e. The zero-order valence-electron chi connectivity index (χ0n) is 9.23. The largest absolute Gasteiger partial charge is 0.497 e. The van der Waals surface area contributed by atoms with Crippen molar-refractivity contribution in [2.75, 3.05) is 27.2 Å². The van der Waals surface area contributed by atoms with E-state index in [1.54, 1.807) is 7.11 Å². The van der Waals surface area contributed by atoms with Crippen LogP contribution in [-0.2, 0) is 5.60 Å². The van der Waals surface area contributed by atoms with Crippen molar-refractivity contribution in [3.8, 4) is 5.75 Å². The number of β-amino-alcohol motifs (C(OH)–C–C–N with tert-alkyl or cyclic N) is 1. The smallest absolute Gasteiger partial charge is 0.119 e. The zero-order valence-corrected chi connectivity index (χ0v) is 9.23. The molecule has 82 valence electrons. The predicted molar refractivity (Wildman–Crippen MR) is 59.0 cm³/mol. The van der Waals surface area contributed by atoms with Gasteiger partial charge < -0.3 is 14.7 Å². The highest BCUT2D eigenvalue weighted by Crippen LogP contribution is 2.32. The van der Waals surface area contributed by atoms with E-state index in [1.807, 2.05) is 31.3 Å². The zero-order chi connectivity index (χ0) is 10.9. The van der Waals surface area contributed by atoms with Gasteiger partial charge in [0.15, 0.2) is 0 Å². The van der Waals surface area contributed by atoms with Crippen molar-refractivity contribution in [3.05, 3.63) is 29.8 Å². The minimum atomic E-state index is -0.705. The van der Waals surface area contributed by atoms with E-state index in [2.05, 4.69) is 4.90 Å². The molecule has 2 rings (SSSR count). The highest BCUT2D eigenvalue weighted by Gasteiger charge is 2.36. The van der Waals surface area contributed by atoms with Gasteiger partial charge in [-0.15, -0.1) is 0 Å². The maximum atomic E-state index is 10.5. The molecule has 1 saturated heterocycles. The molecular weight excluding hydrogens is 190 g/mol. The van der Waals surface area contributed by atoms with E-state index in [4.69, 9.17) is 4.74 Å². The highest BCUT2D eigenvalue weighted by atomic mass is 16.5. The van der Waals surface area contributed by atoms with Crippen molar-refractivity contribution < 1.29 is 9.84 Å². The van der Waals surface area contributed by atoms with Gasteiger partial charge in [0, 0.05) is 13.1 Å². The lowest BCUT2D eigenvalue weighted by Crippen LogP contribution is -2.29. The molecule has 0 amide bonds. The molecule has 1 atom stereocenters. The Balaban J connectivity index is 2.28. The van der Waals surface area contributed by atoms with Gasteiger partial charge in [-0.1, -0.05) is 12.1 Å². The molecule has 0 aromatic heterocycles. The summed E-state index contributed by atoms with van der Waals surface area (Å²) < 4.78 is 5.16. The Morgan fingerprint density at radius 3 is 2.87 bits per heavy atom. The van der Waals surface area contributed by atoms with Crippen LogP contribution in [0.3, 0.4) is 0 Å². The first kappa shape index (κ1) is 10.5. The summed E-state index contributed by atoms with van der Waals surface area (Å²) >= 11 is 0. The van der Waals surface area contributed by atoms with Crippen LogP contribution in [0.1, 0.15) is 12.0 Å². The number of rotatable bonds is 2. The van der Waals surface area contributed by atoms with Gasteiger partial charge in [0.25, 0.3) is 0 Å². The fraction of sp³-hybridized carbons (Fsp3) is 0.500. The van der Waals surface area contributed by atoms with E-state index in [0.717, 1.165) is 24.3 Å². The van der Waals surface area contributed by atoms with Crippen molar-refractivity contribution in [2.45, 2.75) is 12.0 Å². The molecule has 0 saturated carbocycles. The Hall–Kier alpha value is -1.06. The Bertz CT molecular complexity index is 353.